The fraction of sp³-hybridized carbons (Fsp3) is 0.118. The summed E-state index contributed by atoms with van der Waals surface area (Å²) in [7, 11) is 0. The van der Waals surface area contributed by atoms with Crippen molar-refractivity contribution < 1.29 is 4.79 Å². The average molecular weight is 359 g/mol. The number of primary amides is 1. The molecule has 120 valence electrons. The lowest BCUT2D eigenvalue weighted by molar-refractivity contribution is -0.112. The van der Waals surface area contributed by atoms with Crippen molar-refractivity contribution in [3.05, 3.63) is 64.1 Å². The van der Waals surface area contributed by atoms with E-state index in [4.69, 9.17) is 28.9 Å². The molecule has 5 nitrogen and oxygen atoms in total. The Bertz CT molecular complexity index is 858. The molecule has 0 aliphatic carbocycles. The lowest BCUT2D eigenvalue weighted by atomic mass is 9.90. The number of para-hydroxylation sites is 1. The number of carbonyl (C=O) groups excluding carboxylic acids is 1. The second kappa shape index (κ2) is 6.52. The molecule has 0 saturated heterocycles. The highest BCUT2D eigenvalue weighted by atomic mass is 35.5. The highest BCUT2D eigenvalue weighted by molar-refractivity contribution is 6.41. The van der Waals surface area contributed by atoms with Crippen molar-refractivity contribution in [2.75, 3.05) is 5.01 Å². The van der Waals surface area contributed by atoms with Gasteiger partial charge in [0.1, 0.15) is 11.6 Å². The molecule has 2 unspecified atom stereocenters. The summed E-state index contributed by atoms with van der Waals surface area (Å²) < 4.78 is 0. The van der Waals surface area contributed by atoms with E-state index in [1.807, 2.05) is 0 Å². The van der Waals surface area contributed by atoms with Crippen molar-refractivity contribution >= 4 is 40.5 Å². The zero-order valence-corrected chi connectivity index (χ0v) is 13.9. The lowest BCUT2D eigenvalue weighted by Gasteiger charge is -2.26. The predicted molar refractivity (Wildman–Crippen MR) is 93.9 cm³/mol. The molecule has 0 radical (unpaired) electrons. The first-order valence-electron chi connectivity index (χ1n) is 7.10. The first-order chi connectivity index (χ1) is 11.5. The van der Waals surface area contributed by atoms with Gasteiger partial charge in [-0.15, -0.1) is 0 Å². The van der Waals surface area contributed by atoms with Crippen molar-refractivity contribution in [3.8, 4) is 6.07 Å². The van der Waals surface area contributed by atoms with Crippen LogP contribution in [0.4, 0.5) is 5.69 Å². The fourth-order valence-electron chi connectivity index (χ4n) is 2.70. The molecule has 0 spiro atoms. The second-order valence-corrected chi connectivity index (χ2v) is 6.09. The molecule has 3 rings (SSSR count). The van der Waals surface area contributed by atoms with Crippen LogP contribution < -0.4 is 10.7 Å². The molecule has 1 aliphatic heterocycles. The second-order valence-electron chi connectivity index (χ2n) is 5.25. The van der Waals surface area contributed by atoms with Crippen LogP contribution in [-0.4, -0.2) is 11.6 Å². The maximum absolute atomic E-state index is 11.7. The van der Waals surface area contributed by atoms with E-state index >= 15 is 0 Å². The van der Waals surface area contributed by atoms with Gasteiger partial charge in [0, 0.05) is 5.02 Å². The third-order valence-electron chi connectivity index (χ3n) is 3.79. The minimum absolute atomic E-state index is 0.0115. The molecule has 0 fully saturated rings. The van der Waals surface area contributed by atoms with E-state index in [1.165, 1.54) is 0 Å². The standard InChI is InChI=1S/C17H12Cl2N4O/c18-11-7-5-10(6-8-11)16-12(9-20)15(17(21)24)22-23(16)14-4-2-1-3-13(14)19/h1-8,12,16H,(H2,21,24). The van der Waals surface area contributed by atoms with Crippen molar-refractivity contribution in [2.24, 2.45) is 16.8 Å². The first-order valence-corrected chi connectivity index (χ1v) is 7.85. The number of halogens is 2. The van der Waals surface area contributed by atoms with Crippen molar-refractivity contribution in [3.63, 3.8) is 0 Å². The lowest BCUT2D eigenvalue weighted by Crippen LogP contribution is -2.30. The number of benzene rings is 2. The number of rotatable bonds is 3. The van der Waals surface area contributed by atoms with Crippen LogP contribution in [0.2, 0.25) is 10.0 Å². The monoisotopic (exact) mass is 358 g/mol. The fourth-order valence-corrected chi connectivity index (χ4v) is 3.05. The van der Waals surface area contributed by atoms with Crippen molar-refractivity contribution in [1.29, 1.82) is 5.26 Å². The highest BCUT2D eigenvalue weighted by Gasteiger charge is 2.42. The Hall–Kier alpha value is -2.55. The number of nitrogens with two attached hydrogens (primary N) is 1. The van der Waals surface area contributed by atoms with Gasteiger partial charge >= 0.3 is 0 Å². The number of hydrazone groups is 1. The van der Waals surface area contributed by atoms with Crippen LogP contribution >= 0.6 is 23.2 Å². The van der Waals surface area contributed by atoms with Gasteiger partial charge in [-0.25, -0.2) is 0 Å². The maximum atomic E-state index is 11.7. The Morgan fingerprint density at radius 3 is 2.42 bits per heavy atom. The zero-order valence-electron chi connectivity index (χ0n) is 12.4. The molecule has 0 aromatic heterocycles. The summed E-state index contributed by atoms with van der Waals surface area (Å²) in [6.07, 6.45) is 0. The van der Waals surface area contributed by atoms with E-state index in [0.29, 0.717) is 15.7 Å². The van der Waals surface area contributed by atoms with E-state index in [-0.39, 0.29) is 5.71 Å². The number of hydrogen-bond donors (Lipinski definition) is 1. The molecule has 2 aromatic rings. The van der Waals surface area contributed by atoms with Gasteiger partial charge < -0.3 is 5.73 Å². The first kappa shape index (κ1) is 16.3. The highest BCUT2D eigenvalue weighted by Crippen LogP contribution is 2.41. The normalized spacial score (nSPS) is 19.7. The minimum Gasteiger partial charge on any atom is -0.364 e. The van der Waals surface area contributed by atoms with Gasteiger partial charge in [0.05, 0.1) is 22.8 Å². The van der Waals surface area contributed by atoms with E-state index in [1.54, 1.807) is 53.5 Å². The third kappa shape index (κ3) is 2.82. The molecule has 1 amide bonds. The quantitative estimate of drug-likeness (QED) is 0.910. The molecule has 2 N–H and O–H groups in total. The number of nitrogens with zero attached hydrogens (tertiary/aromatic N) is 3. The van der Waals surface area contributed by atoms with Gasteiger partial charge in [-0.05, 0) is 29.8 Å². The van der Waals surface area contributed by atoms with Crippen molar-refractivity contribution in [2.45, 2.75) is 6.04 Å². The molecule has 2 atom stereocenters. The Labute approximate surface area is 148 Å². The molecule has 7 heteroatoms. The van der Waals surface area contributed by atoms with E-state index in [0.717, 1.165) is 5.56 Å². The number of carbonyl (C=O) groups is 1. The van der Waals surface area contributed by atoms with Crippen LogP contribution in [0.25, 0.3) is 0 Å². The molecular formula is C17H12Cl2N4O. The molecular weight excluding hydrogens is 347 g/mol. The average Bonchev–Trinajstić information content (AvgIpc) is 2.95. The van der Waals surface area contributed by atoms with Gasteiger partial charge in [-0.3, -0.25) is 9.80 Å². The maximum Gasteiger partial charge on any atom is 0.266 e. The van der Waals surface area contributed by atoms with E-state index in [2.05, 4.69) is 11.2 Å². The van der Waals surface area contributed by atoms with Gasteiger partial charge in [-0.1, -0.05) is 47.5 Å². The Kier molecular flexibility index (Phi) is 4.43. The SMILES string of the molecule is N#CC1C(C(N)=O)=NN(c2ccccc2Cl)C1c1ccc(Cl)cc1. The number of amides is 1. The Morgan fingerprint density at radius 1 is 1.17 bits per heavy atom. The van der Waals surface area contributed by atoms with Crippen molar-refractivity contribution in [1.82, 2.24) is 0 Å². The van der Waals surface area contributed by atoms with Gasteiger partial charge in [-0.2, -0.15) is 10.4 Å². The van der Waals surface area contributed by atoms with Crippen LogP contribution in [-0.2, 0) is 4.79 Å². The summed E-state index contributed by atoms with van der Waals surface area (Å²) in [4.78, 5) is 11.7. The smallest absolute Gasteiger partial charge is 0.266 e. The van der Waals surface area contributed by atoms with Gasteiger partial charge in [0.15, 0.2) is 0 Å². The van der Waals surface area contributed by atoms with Crippen LogP contribution in [0.5, 0.6) is 0 Å². The zero-order chi connectivity index (χ0) is 17.3. The third-order valence-corrected chi connectivity index (χ3v) is 4.36. The van der Waals surface area contributed by atoms with E-state index in [9.17, 15) is 10.1 Å². The number of anilines is 1. The number of hydrogen-bond acceptors (Lipinski definition) is 4. The molecule has 1 heterocycles. The van der Waals surface area contributed by atoms with Gasteiger partial charge in [0.25, 0.3) is 5.91 Å². The molecule has 1 aliphatic rings. The Morgan fingerprint density at radius 2 is 1.83 bits per heavy atom. The van der Waals surface area contributed by atoms with E-state index < -0.39 is 17.9 Å². The summed E-state index contributed by atoms with van der Waals surface area (Å²) in [5.74, 6) is -1.53. The largest absolute Gasteiger partial charge is 0.364 e. The minimum atomic E-state index is -0.806. The summed E-state index contributed by atoms with van der Waals surface area (Å²) in [5, 5.41) is 16.5. The van der Waals surface area contributed by atoms with Crippen LogP contribution in [0.3, 0.4) is 0 Å². The summed E-state index contributed by atoms with van der Waals surface area (Å²) in [5.41, 5.74) is 6.79. The summed E-state index contributed by atoms with van der Waals surface area (Å²) >= 11 is 12.2. The Balaban J connectivity index is 2.15. The molecule has 0 bridgehead atoms. The summed E-state index contributed by atoms with van der Waals surface area (Å²) in [6, 6.07) is 15.7. The molecule has 24 heavy (non-hydrogen) atoms. The topological polar surface area (TPSA) is 82.5 Å². The predicted octanol–water partition coefficient (Wildman–Crippen LogP) is 3.54. The summed E-state index contributed by atoms with van der Waals surface area (Å²) in [6.45, 7) is 0. The van der Waals surface area contributed by atoms with Crippen LogP contribution in [0.1, 0.15) is 11.6 Å². The molecule has 2 aromatic carbocycles. The number of nitriles is 1. The van der Waals surface area contributed by atoms with Gasteiger partial charge in [0.2, 0.25) is 0 Å². The van der Waals surface area contributed by atoms with Crippen LogP contribution in [0.15, 0.2) is 53.6 Å². The molecule has 0 saturated carbocycles. The van der Waals surface area contributed by atoms with Crippen LogP contribution in [0, 0.1) is 17.2 Å².